The van der Waals surface area contributed by atoms with E-state index in [4.69, 9.17) is 14.3 Å². The number of fused-ring (bicyclic) bond motifs is 1. The fourth-order valence-corrected chi connectivity index (χ4v) is 4.33. The van der Waals surface area contributed by atoms with Gasteiger partial charge in [0.05, 0.1) is 47.5 Å². The van der Waals surface area contributed by atoms with Crippen molar-refractivity contribution in [3.63, 3.8) is 0 Å². The van der Waals surface area contributed by atoms with Crippen LogP contribution >= 0.6 is 7.60 Å². The standard InChI is InChI=1S/C19H20N3O3P/c1-3-24-26(23,25-4-2)17-8-5-15(6-9-17)13-22-14-21-18-11-16(12-20)7-10-19(18)22/h5-11,14H,3-4,13H2,1-2H3. The van der Waals surface area contributed by atoms with Crippen molar-refractivity contribution in [1.29, 1.82) is 5.26 Å². The molecule has 1 aromatic heterocycles. The maximum atomic E-state index is 12.8. The smallest absolute Gasteiger partial charge is 0.326 e. The van der Waals surface area contributed by atoms with E-state index in [1.165, 1.54) is 0 Å². The number of rotatable bonds is 7. The van der Waals surface area contributed by atoms with Crippen LogP contribution in [0.2, 0.25) is 0 Å². The van der Waals surface area contributed by atoms with Crippen LogP contribution in [-0.4, -0.2) is 22.8 Å². The lowest BCUT2D eigenvalue weighted by molar-refractivity contribution is 0.230. The van der Waals surface area contributed by atoms with Gasteiger partial charge in [0.2, 0.25) is 0 Å². The summed E-state index contributed by atoms with van der Waals surface area (Å²) in [5.74, 6) is 0. The number of hydrogen-bond donors (Lipinski definition) is 0. The molecule has 0 N–H and O–H groups in total. The van der Waals surface area contributed by atoms with Crippen LogP contribution in [0.15, 0.2) is 48.8 Å². The number of nitrogens with zero attached hydrogens (tertiary/aromatic N) is 3. The van der Waals surface area contributed by atoms with E-state index in [0.29, 0.717) is 30.6 Å². The van der Waals surface area contributed by atoms with Crippen molar-refractivity contribution in [2.24, 2.45) is 0 Å². The van der Waals surface area contributed by atoms with Crippen molar-refractivity contribution in [2.75, 3.05) is 13.2 Å². The molecule has 1 heterocycles. The van der Waals surface area contributed by atoms with Crippen molar-refractivity contribution in [3.05, 3.63) is 59.9 Å². The Morgan fingerprint density at radius 2 is 1.81 bits per heavy atom. The molecule has 0 radical (unpaired) electrons. The zero-order valence-corrected chi connectivity index (χ0v) is 15.6. The van der Waals surface area contributed by atoms with Crippen molar-refractivity contribution in [2.45, 2.75) is 20.4 Å². The van der Waals surface area contributed by atoms with Crippen molar-refractivity contribution in [1.82, 2.24) is 9.55 Å². The second-order valence-electron chi connectivity index (χ2n) is 5.69. The molecule has 0 aliphatic rings. The van der Waals surface area contributed by atoms with E-state index in [9.17, 15) is 4.57 Å². The van der Waals surface area contributed by atoms with E-state index >= 15 is 0 Å². The Bertz CT molecular complexity index is 979. The predicted octanol–water partition coefficient (Wildman–Crippen LogP) is 3.85. The number of benzene rings is 2. The average molecular weight is 369 g/mol. The highest BCUT2D eigenvalue weighted by Crippen LogP contribution is 2.46. The molecule has 3 rings (SSSR count). The van der Waals surface area contributed by atoms with Crippen LogP contribution in [0.5, 0.6) is 0 Å². The van der Waals surface area contributed by atoms with Crippen molar-refractivity contribution >= 4 is 23.9 Å². The first-order valence-electron chi connectivity index (χ1n) is 8.43. The maximum absolute atomic E-state index is 12.8. The highest BCUT2D eigenvalue weighted by Gasteiger charge is 2.26. The van der Waals surface area contributed by atoms with Gasteiger partial charge >= 0.3 is 7.60 Å². The Morgan fingerprint density at radius 1 is 1.12 bits per heavy atom. The minimum atomic E-state index is -3.26. The summed E-state index contributed by atoms with van der Waals surface area (Å²) in [7, 11) is -3.26. The van der Waals surface area contributed by atoms with Crippen LogP contribution in [0, 0.1) is 11.3 Å². The molecule has 0 aliphatic carbocycles. The van der Waals surface area contributed by atoms with E-state index in [2.05, 4.69) is 11.1 Å². The molecule has 134 valence electrons. The van der Waals surface area contributed by atoms with Gasteiger partial charge < -0.3 is 13.6 Å². The Kier molecular flexibility index (Phi) is 5.53. The fraction of sp³-hybridized carbons (Fsp3) is 0.263. The molecule has 0 bridgehead atoms. The minimum Gasteiger partial charge on any atom is -0.326 e. The van der Waals surface area contributed by atoms with Gasteiger partial charge in [0.25, 0.3) is 0 Å². The van der Waals surface area contributed by atoms with Crippen LogP contribution in [0.3, 0.4) is 0 Å². The maximum Gasteiger partial charge on any atom is 0.361 e. The van der Waals surface area contributed by atoms with Crippen LogP contribution in [-0.2, 0) is 20.2 Å². The predicted molar refractivity (Wildman–Crippen MR) is 100 cm³/mol. The van der Waals surface area contributed by atoms with Gasteiger partial charge in [-0.2, -0.15) is 5.26 Å². The molecule has 0 atom stereocenters. The second kappa shape index (κ2) is 7.84. The highest BCUT2D eigenvalue weighted by atomic mass is 31.2. The largest absolute Gasteiger partial charge is 0.361 e. The van der Waals surface area contributed by atoms with Crippen molar-refractivity contribution in [3.8, 4) is 6.07 Å². The lowest BCUT2D eigenvalue weighted by Crippen LogP contribution is -2.11. The Labute approximate surface area is 152 Å². The molecule has 7 heteroatoms. The third kappa shape index (κ3) is 3.71. The lowest BCUT2D eigenvalue weighted by atomic mass is 10.2. The molecule has 0 spiro atoms. The van der Waals surface area contributed by atoms with Crippen LogP contribution in [0.25, 0.3) is 11.0 Å². The summed E-state index contributed by atoms with van der Waals surface area (Å²) in [6.07, 6.45) is 1.75. The van der Waals surface area contributed by atoms with E-state index < -0.39 is 7.60 Å². The van der Waals surface area contributed by atoms with Gasteiger partial charge in [-0.05, 0) is 49.7 Å². The molecular weight excluding hydrogens is 349 g/mol. The molecule has 0 saturated carbocycles. The fourth-order valence-electron chi connectivity index (χ4n) is 2.77. The van der Waals surface area contributed by atoms with Crippen molar-refractivity contribution < 1.29 is 13.6 Å². The normalized spacial score (nSPS) is 11.6. The molecule has 6 nitrogen and oxygen atoms in total. The Balaban J connectivity index is 1.84. The van der Waals surface area contributed by atoms with Crippen LogP contribution in [0.4, 0.5) is 0 Å². The summed E-state index contributed by atoms with van der Waals surface area (Å²) in [6.45, 7) is 4.86. The first-order chi connectivity index (χ1) is 12.6. The summed E-state index contributed by atoms with van der Waals surface area (Å²) in [4.78, 5) is 4.36. The molecule has 0 fully saturated rings. The minimum absolute atomic E-state index is 0.324. The van der Waals surface area contributed by atoms with Gasteiger partial charge in [-0.15, -0.1) is 0 Å². The average Bonchev–Trinajstić information content (AvgIpc) is 3.04. The van der Waals surface area contributed by atoms with E-state index in [1.54, 1.807) is 44.4 Å². The Morgan fingerprint density at radius 3 is 2.42 bits per heavy atom. The van der Waals surface area contributed by atoms with Crippen LogP contribution < -0.4 is 5.30 Å². The molecule has 26 heavy (non-hydrogen) atoms. The second-order valence-corrected chi connectivity index (χ2v) is 7.71. The molecule has 2 aromatic carbocycles. The molecular formula is C19H20N3O3P. The molecule has 0 unspecified atom stereocenters. The molecule has 3 aromatic rings. The van der Waals surface area contributed by atoms with Gasteiger partial charge in [-0.25, -0.2) is 4.98 Å². The molecule has 0 aliphatic heterocycles. The number of nitriles is 1. The third-order valence-corrected chi connectivity index (χ3v) is 6.08. The van der Waals surface area contributed by atoms with E-state index in [-0.39, 0.29) is 0 Å². The van der Waals surface area contributed by atoms with Gasteiger partial charge in [-0.1, -0.05) is 12.1 Å². The van der Waals surface area contributed by atoms with Gasteiger partial charge in [0, 0.05) is 6.54 Å². The summed E-state index contributed by atoms with van der Waals surface area (Å²) in [6, 6.07) is 15.0. The number of hydrogen-bond acceptors (Lipinski definition) is 5. The monoisotopic (exact) mass is 369 g/mol. The van der Waals surface area contributed by atoms with Gasteiger partial charge in [0.1, 0.15) is 0 Å². The summed E-state index contributed by atoms with van der Waals surface area (Å²) in [5, 5.41) is 9.53. The topological polar surface area (TPSA) is 77.1 Å². The highest BCUT2D eigenvalue weighted by molar-refractivity contribution is 7.62. The van der Waals surface area contributed by atoms with E-state index in [0.717, 1.165) is 16.6 Å². The summed E-state index contributed by atoms with van der Waals surface area (Å²) in [5.41, 5.74) is 3.38. The Hall–Kier alpha value is -2.45. The van der Waals surface area contributed by atoms with E-state index in [1.807, 2.05) is 22.8 Å². The number of imidazole rings is 1. The summed E-state index contributed by atoms with van der Waals surface area (Å²) >= 11 is 0. The van der Waals surface area contributed by atoms with Gasteiger partial charge in [0.15, 0.2) is 0 Å². The number of aromatic nitrogens is 2. The first kappa shape index (κ1) is 18.3. The summed E-state index contributed by atoms with van der Waals surface area (Å²) < 4.78 is 25.5. The van der Waals surface area contributed by atoms with Gasteiger partial charge in [-0.3, -0.25) is 4.57 Å². The zero-order chi connectivity index (χ0) is 18.6. The quantitative estimate of drug-likeness (QED) is 0.591. The lowest BCUT2D eigenvalue weighted by Gasteiger charge is -2.17. The van der Waals surface area contributed by atoms with Crippen LogP contribution in [0.1, 0.15) is 25.0 Å². The molecule has 0 saturated heterocycles. The zero-order valence-electron chi connectivity index (χ0n) is 14.8. The SMILES string of the molecule is CCOP(=O)(OCC)c1ccc(Cn2cnc3cc(C#N)ccc32)cc1. The third-order valence-electron chi connectivity index (χ3n) is 3.95. The first-order valence-corrected chi connectivity index (χ1v) is 9.97. The molecule has 0 amide bonds.